The maximum Gasteiger partial charge on any atom is 0.158 e. The Morgan fingerprint density at radius 2 is 1.92 bits per heavy atom. The van der Waals surface area contributed by atoms with Gasteiger partial charge in [0.25, 0.3) is 0 Å². The quantitative estimate of drug-likeness (QED) is 0.536. The Kier molecular flexibility index (Phi) is 4.19. The maximum absolute atomic E-state index is 4.75. The van der Waals surface area contributed by atoms with Gasteiger partial charge in [-0.3, -0.25) is 0 Å². The molecule has 4 aromatic rings. The van der Waals surface area contributed by atoms with Crippen molar-refractivity contribution in [2.24, 2.45) is 7.05 Å². The number of aromatic nitrogens is 5. The van der Waals surface area contributed by atoms with Crippen LogP contribution in [-0.2, 0) is 7.05 Å². The second kappa shape index (κ2) is 6.64. The minimum Gasteiger partial charge on any atom is -0.333 e. The SMILES string of the molecule is CCC(c1nccs1)n1cnc(-c2ccccc2)c1-c1nccn1C. The van der Waals surface area contributed by atoms with Crippen LogP contribution in [0.2, 0.25) is 0 Å². The van der Waals surface area contributed by atoms with E-state index in [1.165, 1.54) is 0 Å². The molecule has 3 aromatic heterocycles. The van der Waals surface area contributed by atoms with Crippen LogP contribution in [0, 0.1) is 0 Å². The topological polar surface area (TPSA) is 48.5 Å². The fraction of sp³-hybridized carbons (Fsp3) is 0.211. The lowest BCUT2D eigenvalue weighted by Crippen LogP contribution is -2.11. The minimum absolute atomic E-state index is 0.150. The van der Waals surface area contributed by atoms with Crippen molar-refractivity contribution in [3.8, 4) is 22.8 Å². The number of nitrogens with zero attached hydrogens (tertiary/aromatic N) is 5. The van der Waals surface area contributed by atoms with Crippen molar-refractivity contribution in [3.63, 3.8) is 0 Å². The second-order valence-corrected chi connectivity index (χ2v) is 6.80. The summed E-state index contributed by atoms with van der Waals surface area (Å²) < 4.78 is 4.25. The van der Waals surface area contributed by atoms with Gasteiger partial charge < -0.3 is 9.13 Å². The van der Waals surface area contributed by atoms with Crippen molar-refractivity contribution < 1.29 is 0 Å². The van der Waals surface area contributed by atoms with Crippen LogP contribution < -0.4 is 0 Å². The summed E-state index contributed by atoms with van der Waals surface area (Å²) in [6, 6.07) is 10.4. The predicted octanol–water partition coefficient (Wildman–Crippen LogP) is 4.41. The molecule has 0 amide bonds. The first-order chi connectivity index (χ1) is 12.3. The van der Waals surface area contributed by atoms with Gasteiger partial charge in [0.15, 0.2) is 5.82 Å². The highest BCUT2D eigenvalue weighted by atomic mass is 32.1. The number of hydrogen-bond donors (Lipinski definition) is 0. The van der Waals surface area contributed by atoms with Crippen molar-refractivity contribution >= 4 is 11.3 Å². The van der Waals surface area contributed by atoms with E-state index in [0.29, 0.717) is 0 Å². The van der Waals surface area contributed by atoms with Gasteiger partial charge in [0.1, 0.15) is 10.7 Å². The zero-order valence-electron chi connectivity index (χ0n) is 14.2. The van der Waals surface area contributed by atoms with E-state index in [-0.39, 0.29) is 6.04 Å². The van der Waals surface area contributed by atoms with Crippen molar-refractivity contribution in [2.45, 2.75) is 19.4 Å². The van der Waals surface area contributed by atoms with Crippen LogP contribution in [0.1, 0.15) is 24.4 Å². The molecule has 126 valence electrons. The summed E-state index contributed by atoms with van der Waals surface area (Å²) in [5, 5.41) is 3.11. The van der Waals surface area contributed by atoms with Gasteiger partial charge in [0, 0.05) is 36.6 Å². The van der Waals surface area contributed by atoms with Gasteiger partial charge in [-0.15, -0.1) is 11.3 Å². The molecule has 0 radical (unpaired) electrons. The van der Waals surface area contributed by atoms with E-state index in [9.17, 15) is 0 Å². The van der Waals surface area contributed by atoms with Crippen LogP contribution in [0.5, 0.6) is 0 Å². The van der Waals surface area contributed by atoms with E-state index in [1.54, 1.807) is 11.3 Å². The Morgan fingerprint density at radius 3 is 2.56 bits per heavy atom. The van der Waals surface area contributed by atoms with Crippen molar-refractivity contribution in [2.75, 3.05) is 0 Å². The standard InChI is InChI=1S/C19H19N5S/c1-3-15(19-21-10-12-25-19)24-13-22-16(14-7-5-4-6-8-14)17(24)18-20-9-11-23(18)2/h4-13,15H,3H2,1-2H3. The molecule has 4 rings (SSSR count). The zero-order valence-corrected chi connectivity index (χ0v) is 15.0. The molecular weight excluding hydrogens is 330 g/mol. The normalized spacial score (nSPS) is 12.4. The van der Waals surface area contributed by atoms with Crippen molar-refractivity contribution in [3.05, 3.63) is 65.6 Å². The average molecular weight is 349 g/mol. The molecule has 0 spiro atoms. The molecule has 0 N–H and O–H groups in total. The highest BCUT2D eigenvalue weighted by Gasteiger charge is 2.24. The fourth-order valence-corrected chi connectivity index (χ4v) is 3.93. The number of aryl methyl sites for hydroxylation is 1. The van der Waals surface area contributed by atoms with Crippen molar-refractivity contribution in [1.82, 2.24) is 24.1 Å². The van der Waals surface area contributed by atoms with E-state index < -0.39 is 0 Å². The van der Waals surface area contributed by atoms with Crippen LogP contribution in [0.3, 0.4) is 0 Å². The molecule has 0 aliphatic carbocycles. The van der Waals surface area contributed by atoms with Crippen molar-refractivity contribution in [1.29, 1.82) is 0 Å². The van der Waals surface area contributed by atoms with Gasteiger partial charge in [-0.2, -0.15) is 0 Å². The second-order valence-electron chi connectivity index (χ2n) is 5.87. The average Bonchev–Trinajstić information content (AvgIpc) is 3.38. The van der Waals surface area contributed by atoms with Gasteiger partial charge in [-0.25, -0.2) is 15.0 Å². The summed E-state index contributed by atoms with van der Waals surface area (Å²) in [4.78, 5) is 13.9. The van der Waals surface area contributed by atoms with Gasteiger partial charge in [0.05, 0.1) is 18.1 Å². The molecular formula is C19H19N5S. The molecule has 5 nitrogen and oxygen atoms in total. The van der Waals surface area contributed by atoms with Gasteiger partial charge in [0.2, 0.25) is 0 Å². The third-order valence-corrected chi connectivity index (χ3v) is 5.21. The number of thiazole rings is 1. The van der Waals surface area contributed by atoms with Crippen LogP contribution in [-0.4, -0.2) is 24.1 Å². The lowest BCUT2D eigenvalue weighted by molar-refractivity contribution is 0.565. The third-order valence-electron chi connectivity index (χ3n) is 4.33. The third kappa shape index (κ3) is 2.78. The summed E-state index contributed by atoms with van der Waals surface area (Å²) in [6.07, 6.45) is 8.51. The zero-order chi connectivity index (χ0) is 17.2. The molecule has 1 unspecified atom stereocenters. The lowest BCUT2D eigenvalue weighted by atomic mass is 10.1. The van der Waals surface area contributed by atoms with E-state index in [1.807, 2.05) is 60.1 Å². The fourth-order valence-electron chi connectivity index (χ4n) is 3.11. The summed E-state index contributed by atoms with van der Waals surface area (Å²) >= 11 is 1.68. The maximum atomic E-state index is 4.75. The first-order valence-corrected chi connectivity index (χ1v) is 9.17. The van der Waals surface area contributed by atoms with Crippen LogP contribution in [0.4, 0.5) is 0 Å². The Bertz CT molecular complexity index is 953. The first-order valence-electron chi connectivity index (χ1n) is 8.29. The Morgan fingerprint density at radius 1 is 1.08 bits per heavy atom. The highest BCUT2D eigenvalue weighted by molar-refractivity contribution is 7.09. The molecule has 0 fully saturated rings. The molecule has 1 aromatic carbocycles. The molecule has 0 aliphatic rings. The molecule has 25 heavy (non-hydrogen) atoms. The number of hydrogen-bond acceptors (Lipinski definition) is 4. The van der Waals surface area contributed by atoms with Gasteiger partial charge in [-0.05, 0) is 6.42 Å². The van der Waals surface area contributed by atoms with E-state index >= 15 is 0 Å². The smallest absolute Gasteiger partial charge is 0.158 e. The number of rotatable bonds is 5. The monoisotopic (exact) mass is 349 g/mol. The molecule has 1 atom stereocenters. The van der Waals surface area contributed by atoms with Gasteiger partial charge >= 0.3 is 0 Å². The number of benzene rings is 1. The summed E-state index contributed by atoms with van der Waals surface area (Å²) in [6.45, 7) is 2.18. The van der Waals surface area contributed by atoms with Crippen LogP contribution >= 0.6 is 11.3 Å². The van der Waals surface area contributed by atoms with E-state index in [2.05, 4.69) is 33.6 Å². The largest absolute Gasteiger partial charge is 0.333 e. The molecule has 3 heterocycles. The van der Waals surface area contributed by atoms with E-state index in [0.717, 1.165) is 34.2 Å². The molecule has 6 heteroatoms. The first kappa shape index (κ1) is 15.8. The van der Waals surface area contributed by atoms with Gasteiger partial charge in [-0.1, -0.05) is 37.3 Å². The highest BCUT2D eigenvalue weighted by Crippen LogP contribution is 2.35. The Hall–Kier alpha value is -2.73. The summed E-state index contributed by atoms with van der Waals surface area (Å²) in [7, 11) is 2.01. The molecule has 0 bridgehead atoms. The van der Waals surface area contributed by atoms with Crippen LogP contribution in [0.15, 0.2) is 60.6 Å². The summed E-state index contributed by atoms with van der Waals surface area (Å²) in [5.41, 5.74) is 3.07. The molecule has 0 aliphatic heterocycles. The molecule has 0 saturated heterocycles. The lowest BCUT2D eigenvalue weighted by Gasteiger charge is -2.18. The summed E-state index contributed by atoms with van der Waals surface area (Å²) in [5.74, 6) is 0.909. The molecule has 0 saturated carbocycles. The number of imidazole rings is 2. The predicted molar refractivity (Wildman–Crippen MR) is 100 cm³/mol. The minimum atomic E-state index is 0.150. The van der Waals surface area contributed by atoms with E-state index in [4.69, 9.17) is 4.98 Å². The Labute approximate surface area is 150 Å². The Balaban J connectivity index is 1.94. The van der Waals surface area contributed by atoms with Crippen LogP contribution in [0.25, 0.3) is 22.8 Å².